The minimum Gasteiger partial charge on any atom is -0.368 e. The second kappa shape index (κ2) is 6.22. The van der Waals surface area contributed by atoms with Crippen LogP contribution in [-0.4, -0.2) is 24.1 Å². The van der Waals surface area contributed by atoms with Crippen LogP contribution in [0.1, 0.15) is 12.5 Å². The van der Waals surface area contributed by atoms with E-state index in [1.807, 2.05) is 0 Å². The standard InChI is InChI=1S/C11H13F3N4O2/c1-2-17(18(16-20)7-10(15)19)9-6-4-3-5-8(9)11(12,13)14/h3-6H,2,7H2,1H3,(H2,15,19). The van der Waals surface area contributed by atoms with E-state index in [-0.39, 0.29) is 12.2 Å². The lowest BCUT2D eigenvalue weighted by atomic mass is 10.1. The summed E-state index contributed by atoms with van der Waals surface area (Å²) in [6, 6.07) is 4.68. The van der Waals surface area contributed by atoms with Crippen molar-refractivity contribution in [3.63, 3.8) is 0 Å². The number of primary amides is 1. The molecule has 20 heavy (non-hydrogen) atoms. The summed E-state index contributed by atoms with van der Waals surface area (Å²) in [5.74, 6) is -0.882. The average Bonchev–Trinajstić information content (AvgIpc) is 2.37. The SMILES string of the molecule is CCN(c1ccccc1C(F)(F)F)N(CC(N)=O)N=O. The van der Waals surface area contributed by atoms with E-state index in [9.17, 15) is 22.9 Å². The highest BCUT2D eigenvalue weighted by Crippen LogP contribution is 2.36. The summed E-state index contributed by atoms with van der Waals surface area (Å²) in [6.07, 6.45) is -4.59. The lowest BCUT2D eigenvalue weighted by Crippen LogP contribution is -2.44. The zero-order chi connectivity index (χ0) is 15.3. The molecular formula is C11H13F3N4O2. The number of nitrogens with two attached hydrogens (primary N) is 1. The molecule has 0 heterocycles. The molecule has 6 nitrogen and oxygen atoms in total. The van der Waals surface area contributed by atoms with Gasteiger partial charge in [-0.15, -0.1) is 4.91 Å². The number of nitroso groups, excluding NO2 is 1. The molecule has 0 aliphatic rings. The van der Waals surface area contributed by atoms with Crippen molar-refractivity contribution in [2.45, 2.75) is 13.1 Å². The Kier molecular flexibility index (Phi) is 4.89. The van der Waals surface area contributed by atoms with Crippen molar-refractivity contribution >= 4 is 11.6 Å². The van der Waals surface area contributed by atoms with Gasteiger partial charge in [0.25, 0.3) is 0 Å². The first kappa shape index (κ1) is 15.7. The normalized spacial score (nSPS) is 11.0. The first-order valence-corrected chi connectivity index (χ1v) is 5.64. The highest BCUT2D eigenvalue weighted by Gasteiger charge is 2.35. The molecule has 1 aromatic rings. The van der Waals surface area contributed by atoms with Crippen molar-refractivity contribution < 1.29 is 18.0 Å². The number of benzene rings is 1. The Labute approximate surface area is 112 Å². The summed E-state index contributed by atoms with van der Waals surface area (Å²) in [6.45, 7) is 0.919. The van der Waals surface area contributed by atoms with Gasteiger partial charge in [-0.2, -0.15) is 18.3 Å². The van der Waals surface area contributed by atoms with Crippen molar-refractivity contribution in [2.24, 2.45) is 11.0 Å². The molecule has 0 saturated heterocycles. The molecule has 1 amide bonds. The number of carbonyl (C=O) groups excluding carboxylic acids is 1. The van der Waals surface area contributed by atoms with Crippen molar-refractivity contribution in [3.05, 3.63) is 34.7 Å². The van der Waals surface area contributed by atoms with Crippen LogP contribution in [0.5, 0.6) is 0 Å². The predicted molar refractivity (Wildman–Crippen MR) is 66.2 cm³/mol. The van der Waals surface area contributed by atoms with Crippen LogP contribution in [0.25, 0.3) is 0 Å². The van der Waals surface area contributed by atoms with E-state index in [2.05, 4.69) is 5.29 Å². The van der Waals surface area contributed by atoms with E-state index in [0.29, 0.717) is 5.12 Å². The maximum absolute atomic E-state index is 12.9. The number of hydrogen-bond acceptors (Lipinski definition) is 4. The summed E-state index contributed by atoms with van der Waals surface area (Å²) in [4.78, 5) is 21.6. The van der Waals surface area contributed by atoms with Crippen LogP contribution in [0.3, 0.4) is 0 Å². The van der Waals surface area contributed by atoms with Crippen LogP contribution in [0.4, 0.5) is 18.9 Å². The summed E-state index contributed by atoms with van der Waals surface area (Å²) in [5.41, 5.74) is 3.73. The number of hydrazine groups is 1. The molecule has 0 radical (unpaired) electrons. The third-order valence-electron chi connectivity index (χ3n) is 2.46. The third-order valence-corrected chi connectivity index (χ3v) is 2.46. The van der Waals surface area contributed by atoms with Crippen LogP contribution < -0.4 is 10.7 Å². The number of carbonyl (C=O) groups is 1. The van der Waals surface area contributed by atoms with Gasteiger partial charge in [-0.05, 0) is 19.1 Å². The lowest BCUT2D eigenvalue weighted by molar-refractivity contribution is -0.137. The fraction of sp³-hybridized carbons (Fsp3) is 0.364. The van der Waals surface area contributed by atoms with Gasteiger partial charge in [0.15, 0.2) is 0 Å². The molecule has 1 aromatic carbocycles. The molecule has 0 spiro atoms. The topological polar surface area (TPSA) is 79.0 Å². The molecule has 1 rings (SSSR count). The van der Waals surface area contributed by atoms with E-state index in [0.717, 1.165) is 11.1 Å². The maximum atomic E-state index is 12.9. The van der Waals surface area contributed by atoms with Gasteiger partial charge in [0, 0.05) is 6.54 Å². The Morgan fingerprint density at radius 1 is 1.35 bits per heavy atom. The van der Waals surface area contributed by atoms with Gasteiger partial charge in [-0.3, -0.25) is 9.80 Å². The Morgan fingerprint density at radius 2 is 1.95 bits per heavy atom. The molecular weight excluding hydrogens is 277 g/mol. The highest BCUT2D eigenvalue weighted by atomic mass is 19.4. The van der Waals surface area contributed by atoms with Crippen LogP contribution in [0.15, 0.2) is 29.6 Å². The predicted octanol–water partition coefficient (Wildman–Crippen LogP) is 1.92. The molecule has 0 bridgehead atoms. The van der Waals surface area contributed by atoms with E-state index < -0.39 is 24.2 Å². The Morgan fingerprint density at radius 3 is 2.40 bits per heavy atom. The van der Waals surface area contributed by atoms with Gasteiger partial charge in [0.2, 0.25) is 5.91 Å². The average molecular weight is 290 g/mol. The van der Waals surface area contributed by atoms with Gasteiger partial charge < -0.3 is 5.73 Å². The van der Waals surface area contributed by atoms with E-state index in [1.54, 1.807) is 0 Å². The number of anilines is 1. The van der Waals surface area contributed by atoms with Crippen molar-refractivity contribution in [2.75, 3.05) is 18.1 Å². The van der Waals surface area contributed by atoms with Crippen molar-refractivity contribution in [1.29, 1.82) is 0 Å². The third kappa shape index (κ3) is 3.59. The molecule has 0 aromatic heterocycles. The van der Waals surface area contributed by atoms with Crippen LogP contribution >= 0.6 is 0 Å². The summed E-state index contributed by atoms with van der Waals surface area (Å²) >= 11 is 0. The smallest absolute Gasteiger partial charge is 0.368 e. The quantitative estimate of drug-likeness (QED) is 0.641. The zero-order valence-corrected chi connectivity index (χ0v) is 10.6. The Bertz CT molecular complexity index is 493. The van der Waals surface area contributed by atoms with Crippen LogP contribution in [-0.2, 0) is 11.0 Å². The fourth-order valence-corrected chi connectivity index (χ4v) is 1.69. The second-order valence-electron chi connectivity index (χ2n) is 3.81. The van der Waals surface area contributed by atoms with Crippen LogP contribution in [0, 0.1) is 4.91 Å². The van der Waals surface area contributed by atoms with Crippen molar-refractivity contribution in [1.82, 2.24) is 5.12 Å². The lowest BCUT2D eigenvalue weighted by Gasteiger charge is -2.31. The van der Waals surface area contributed by atoms with Crippen molar-refractivity contribution in [3.8, 4) is 0 Å². The number of amides is 1. The maximum Gasteiger partial charge on any atom is 0.418 e. The van der Waals surface area contributed by atoms with E-state index in [1.165, 1.54) is 25.1 Å². The van der Waals surface area contributed by atoms with Gasteiger partial charge in [0.05, 0.1) is 16.5 Å². The first-order valence-electron chi connectivity index (χ1n) is 5.64. The summed E-state index contributed by atoms with van der Waals surface area (Å²) in [5, 5.41) is 4.05. The Balaban J connectivity index is 3.24. The Hall–Kier alpha value is -2.32. The number of halogens is 3. The molecule has 2 N–H and O–H groups in total. The second-order valence-corrected chi connectivity index (χ2v) is 3.81. The molecule has 0 atom stereocenters. The molecule has 9 heteroatoms. The first-order chi connectivity index (χ1) is 9.31. The summed E-state index contributed by atoms with van der Waals surface area (Å²) in [7, 11) is 0. The number of alkyl halides is 3. The summed E-state index contributed by atoms with van der Waals surface area (Å²) < 4.78 is 38.8. The van der Waals surface area contributed by atoms with E-state index in [4.69, 9.17) is 5.73 Å². The minimum atomic E-state index is -4.59. The molecule has 0 aliphatic carbocycles. The minimum absolute atomic E-state index is 0.00606. The number of nitrogens with zero attached hydrogens (tertiary/aromatic N) is 3. The molecule has 110 valence electrons. The molecule has 0 fully saturated rings. The zero-order valence-electron chi connectivity index (χ0n) is 10.6. The highest BCUT2D eigenvalue weighted by molar-refractivity contribution is 5.76. The largest absolute Gasteiger partial charge is 0.418 e. The molecule has 0 saturated carbocycles. The number of rotatable bonds is 6. The number of hydrogen-bond donors (Lipinski definition) is 1. The van der Waals surface area contributed by atoms with E-state index >= 15 is 0 Å². The molecule has 0 unspecified atom stereocenters. The van der Waals surface area contributed by atoms with Crippen LogP contribution in [0.2, 0.25) is 0 Å². The molecule has 0 aliphatic heterocycles. The van der Waals surface area contributed by atoms with Gasteiger partial charge >= 0.3 is 6.18 Å². The fourth-order valence-electron chi connectivity index (χ4n) is 1.69. The number of para-hydroxylation sites is 1. The van der Waals surface area contributed by atoms with Gasteiger partial charge in [0.1, 0.15) is 6.54 Å². The monoisotopic (exact) mass is 290 g/mol. The van der Waals surface area contributed by atoms with Gasteiger partial charge in [-0.1, -0.05) is 12.1 Å². The van der Waals surface area contributed by atoms with Gasteiger partial charge in [-0.25, -0.2) is 0 Å².